The molecule has 0 saturated heterocycles. The molecule has 0 unspecified atom stereocenters. The minimum Gasteiger partial charge on any atom is -0.337 e. The van der Waals surface area contributed by atoms with E-state index in [1.807, 2.05) is 0 Å². The Balaban J connectivity index is 2.17. The number of benzene rings is 2. The van der Waals surface area contributed by atoms with Crippen molar-refractivity contribution in [1.82, 2.24) is 4.90 Å². The van der Waals surface area contributed by atoms with Crippen molar-refractivity contribution in [3.63, 3.8) is 0 Å². The van der Waals surface area contributed by atoms with Crippen molar-refractivity contribution in [2.24, 2.45) is 0 Å². The summed E-state index contributed by atoms with van der Waals surface area (Å²) in [6.07, 6.45) is 0. The van der Waals surface area contributed by atoms with Crippen LogP contribution in [0.5, 0.6) is 0 Å². The molecule has 0 bridgehead atoms. The van der Waals surface area contributed by atoms with E-state index < -0.39 is 23.4 Å². The Hall–Kier alpha value is -2.01. The van der Waals surface area contributed by atoms with Gasteiger partial charge < -0.3 is 4.90 Å². The predicted octanol–water partition coefficient (Wildman–Crippen LogP) is 4.03. The third kappa shape index (κ3) is 3.55. The molecule has 2 nitrogen and oxygen atoms in total. The Morgan fingerprint density at radius 3 is 2.14 bits per heavy atom. The molecule has 6 heteroatoms. The van der Waals surface area contributed by atoms with Gasteiger partial charge in [-0.25, -0.2) is 13.2 Å². The van der Waals surface area contributed by atoms with E-state index >= 15 is 0 Å². The zero-order chi connectivity index (χ0) is 15.6. The molecule has 0 fully saturated rings. The quantitative estimate of drug-likeness (QED) is 0.783. The van der Waals surface area contributed by atoms with Crippen molar-refractivity contribution in [2.45, 2.75) is 6.54 Å². The highest BCUT2D eigenvalue weighted by Gasteiger charge is 2.18. The van der Waals surface area contributed by atoms with Crippen molar-refractivity contribution in [1.29, 1.82) is 0 Å². The molecule has 0 N–H and O–H groups in total. The monoisotopic (exact) mass is 313 g/mol. The lowest BCUT2D eigenvalue weighted by Gasteiger charge is -2.17. The molecule has 0 aliphatic carbocycles. The maximum Gasteiger partial charge on any atom is 0.254 e. The van der Waals surface area contributed by atoms with Crippen LogP contribution in [0.15, 0.2) is 36.4 Å². The Labute approximate surface area is 124 Å². The molecule has 110 valence electrons. The standard InChI is InChI=1S/C15H11ClF3NO/c1-20(8-9-2-4-11(16)5-3-9)15(21)10-6-12(17)14(19)13(18)7-10/h2-7H,8H2,1H3. The Morgan fingerprint density at radius 2 is 1.62 bits per heavy atom. The topological polar surface area (TPSA) is 20.3 Å². The molecule has 2 rings (SSSR count). The second kappa shape index (κ2) is 6.18. The summed E-state index contributed by atoms with van der Waals surface area (Å²) in [6, 6.07) is 8.17. The van der Waals surface area contributed by atoms with Gasteiger partial charge >= 0.3 is 0 Å². The summed E-state index contributed by atoms with van der Waals surface area (Å²) in [6.45, 7) is 0.233. The molecule has 0 heterocycles. The molecule has 0 saturated carbocycles. The largest absolute Gasteiger partial charge is 0.337 e. The third-order valence-electron chi connectivity index (χ3n) is 2.91. The molecule has 0 aliphatic rings. The summed E-state index contributed by atoms with van der Waals surface area (Å²) in [5, 5.41) is 0.565. The first kappa shape index (κ1) is 15.4. The van der Waals surface area contributed by atoms with Gasteiger partial charge in [-0.1, -0.05) is 23.7 Å². The Morgan fingerprint density at radius 1 is 1.10 bits per heavy atom. The van der Waals surface area contributed by atoms with Crippen LogP contribution >= 0.6 is 11.6 Å². The molecule has 0 atom stereocenters. The van der Waals surface area contributed by atoms with E-state index in [4.69, 9.17) is 11.6 Å². The van der Waals surface area contributed by atoms with Crippen molar-refractivity contribution in [3.05, 3.63) is 70.0 Å². The maximum absolute atomic E-state index is 13.1. The number of carbonyl (C=O) groups is 1. The predicted molar refractivity (Wildman–Crippen MR) is 73.6 cm³/mol. The summed E-state index contributed by atoms with van der Waals surface area (Å²) in [5.74, 6) is -4.98. The number of hydrogen-bond acceptors (Lipinski definition) is 1. The minimum absolute atomic E-state index is 0.233. The number of hydrogen-bond donors (Lipinski definition) is 0. The Bertz CT molecular complexity index is 650. The van der Waals surface area contributed by atoms with Crippen LogP contribution in [0.1, 0.15) is 15.9 Å². The van der Waals surface area contributed by atoms with E-state index in [2.05, 4.69) is 0 Å². The van der Waals surface area contributed by atoms with E-state index in [9.17, 15) is 18.0 Å². The van der Waals surface area contributed by atoms with Gasteiger partial charge in [-0.05, 0) is 29.8 Å². The van der Waals surface area contributed by atoms with Crippen molar-refractivity contribution < 1.29 is 18.0 Å². The number of nitrogens with zero attached hydrogens (tertiary/aromatic N) is 1. The number of carbonyl (C=O) groups excluding carboxylic acids is 1. The molecule has 21 heavy (non-hydrogen) atoms. The first-order chi connectivity index (χ1) is 9.88. The van der Waals surface area contributed by atoms with E-state index in [0.29, 0.717) is 17.2 Å². The number of rotatable bonds is 3. The van der Waals surface area contributed by atoms with Gasteiger partial charge in [0.25, 0.3) is 5.91 Å². The summed E-state index contributed by atoms with van der Waals surface area (Å²) >= 11 is 5.76. The van der Waals surface area contributed by atoms with Gasteiger partial charge in [0.15, 0.2) is 17.5 Å². The molecule has 0 aliphatic heterocycles. The zero-order valence-electron chi connectivity index (χ0n) is 11.0. The van der Waals surface area contributed by atoms with Gasteiger partial charge in [0.05, 0.1) is 0 Å². The van der Waals surface area contributed by atoms with Crippen LogP contribution in [0.2, 0.25) is 5.02 Å². The van der Waals surface area contributed by atoms with E-state index in [0.717, 1.165) is 5.56 Å². The van der Waals surface area contributed by atoms with Crippen LogP contribution in [0.25, 0.3) is 0 Å². The van der Waals surface area contributed by atoms with E-state index in [1.54, 1.807) is 24.3 Å². The first-order valence-corrected chi connectivity index (χ1v) is 6.40. The lowest BCUT2D eigenvalue weighted by atomic mass is 10.1. The smallest absolute Gasteiger partial charge is 0.254 e. The number of halogens is 4. The van der Waals surface area contributed by atoms with Crippen LogP contribution in [0.4, 0.5) is 13.2 Å². The molecular weight excluding hydrogens is 303 g/mol. The van der Waals surface area contributed by atoms with E-state index in [1.165, 1.54) is 11.9 Å². The molecule has 0 aromatic heterocycles. The first-order valence-electron chi connectivity index (χ1n) is 6.03. The third-order valence-corrected chi connectivity index (χ3v) is 3.16. The average molecular weight is 314 g/mol. The fourth-order valence-electron chi connectivity index (χ4n) is 1.83. The Kier molecular flexibility index (Phi) is 4.53. The minimum atomic E-state index is -1.59. The van der Waals surface area contributed by atoms with Crippen LogP contribution < -0.4 is 0 Å². The highest BCUT2D eigenvalue weighted by atomic mass is 35.5. The highest BCUT2D eigenvalue weighted by molar-refractivity contribution is 6.30. The zero-order valence-corrected chi connectivity index (χ0v) is 11.8. The highest BCUT2D eigenvalue weighted by Crippen LogP contribution is 2.16. The van der Waals surface area contributed by atoms with Crippen LogP contribution in [-0.2, 0) is 6.54 Å². The second-order valence-corrected chi connectivity index (χ2v) is 4.98. The molecule has 2 aromatic carbocycles. The number of amides is 1. The van der Waals surface area contributed by atoms with Gasteiger partial charge in [0.2, 0.25) is 0 Å². The van der Waals surface area contributed by atoms with Crippen molar-refractivity contribution in [3.8, 4) is 0 Å². The van der Waals surface area contributed by atoms with Crippen LogP contribution in [0.3, 0.4) is 0 Å². The van der Waals surface area contributed by atoms with Crippen molar-refractivity contribution >= 4 is 17.5 Å². The fourth-order valence-corrected chi connectivity index (χ4v) is 1.96. The SMILES string of the molecule is CN(Cc1ccc(Cl)cc1)C(=O)c1cc(F)c(F)c(F)c1. The summed E-state index contributed by atoms with van der Waals surface area (Å²) in [4.78, 5) is 13.3. The van der Waals surface area contributed by atoms with E-state index in [-0.39, 0.29) is 12.1 Å². The average Bonchev–Trinajstić information content (AvgIpc) is 2.45. The van der Waals surface area contributed by atoms with Crippen LogP contribution in [-0.4, -0.2) is 17.9 Å². The normalized spacial score (nSPS) is 10.5. The second-order valence-electron chi connectivity index (χ2n) is 4.54. The lowest BCUT2D eigenvalue weighted by Crippen LogP contribution is -2.26. The lowest BCUT2D eigenvalue weighted by molar-refractivity contribution is 0.0784. The van der Waals surface area contributed by atoms with Crippen molar-refractivity contribution in [2.75, 3.05) is 7.05 Å². The summed E-state index contributed by atoms with van der Waals surface area (Å²) < 4.78 is 39.1. The summed E-state index contributed by atoms with van der Waals surface area (Å²) in [5.41, 5.74) is 0.557. The molecule has 0 radical (unpaired) electrons. The molecule has 0 spiro atoms. The van der Waals surface area contributed by atoms with Gasteiger partial charge in [-0.15, -0.1) is 0 Å². The van der Waals surface area contributed by atoms with Gasteiger partial charge in [0.1, 0.15) is 0 Å². The summed E-state index contributed by atoms with van der Waals surface area (Å²) in [7, 11) is 1.48. The van der Waals surface area contributed by atoms with Crippen LogP contribution in [0, 0.1) is 17.5 Å². The maximum atomic E-state index is 13.1. The van der Waals surface area contributed by atoms with Gasteiger partial charge in [0, 0.05) is 24.2 Å². The van der Waals surface area contributed by atoms with Gasteiger partial charge in [-0.3, -0.25) is 4.79 Å². The fraction of sp³-hybridized carbons (Fsp3) is 0.133. The molecule has 1 amide bonds. The molecular formula is C15H11ClF3NO. The van der Waals surface area contributed by atoms with Gasteiger partial charge in [-0.2, -0.15) is 0 Å². The molecule has 2 aromatic rings.